The van der Waals surface area contributed by atoms with Crippen LogP contribution in [0.4, 0.5) is 5.82 Å². The number of nitrogens with two attached hydrogens (primary N) is 1. The number of benzene rings is 2. The highest BCUT2D eigenvalue weighted by molar-refractivity contribution is 6.05. The van der Waals surface area contributed by atoms with E-state index in [1.165, 1.54) is 0 Å². The normalized spacial score (nSPS) is 14.8. The summed E-state index contributed by atoms with van der Waals surface area (Å²) in [6, 6.07) is 17.0. The Kier molecular flexibility index (Phi) is 7.29. The van der Waals surface area contributed by atoms with E-state index in [-0.39, 0.29) is 11.4 Å². The molecule has 2 aromatic carbocycles. The fourth-order valence-corrected chi connectivity index (χ4v) is 4.16. The zero-order valence-electron chi connectivity index (χ0n) is 18.9. The van der Waals surface area contributed by atoms with Crippen molar-refractivity contribution in [3.8, 4) is 22.6 Å². The Bertz CT molecular complexity index is 1060. The Morgan fingerprint density at radius 1 is 1.06 bits per heavy atom. The van der Waals surface area contributed by atoms with Gasteiger partial charge in [-0.1, -0.05) is 30.3 Å². The molecule has 33 heavy (non-hydrogen) atoms. The SMILES string of the molecule is CN1CCN(CCCOc2ccc(-c3cn(-c4ccccc4)c(NO)c3C(N)=O)cc2)CC1. The van der Waals surface area contributed by atoms with Crippen molar-refractivity contribution in [2.45, 2.75) is 6.42 Å². The van der Waals surface area contributed by atoms with Gasteiger partial charge in [0, 0.05) is 50.2 Å². The van der Waals surface area contributed by atoms with E-state index >= 15 is 0 Å². The molecule has 4 rings (SSSR count). The van der Waals surface area contributed by atoms with Crippen LogP contribution in [-0.2, 0) is 0 Å². The van der Waals surface area contributed by atoms with Gasteiger partial charge in [-0.05, 0) is 43.3 Å². The lowest BCUT2D eigenvalue weighted by molar-refractivity contribution is 0.100. The van der Waals surface area contributed by atoms with Crippen molar-refractivity contribution in [3.05, 3.63) is 66.4 Å². The number of ether oxygens (including phenoxy) is 1. The van der Waals surface area contributed by atoms with Crippen molar-refractivity contribution in [2.75, 3.05) is 51.9 Å². The molecule has 0 unspecified atom stereocenters. The molecule has 0 atom stereocenters. The Hall–Kier alpha value is -3.33. The van der Waals surface area contributed by atoms with Crippen LogP contribution in [0, 0.1) is 0 Å². The first kappa shape index (κ1) is 22.8. The number of hydrogen-bond donors (Lipinski definition) is 3. The molecule has 1 amide bonds. The average Bonchev–Trinajstić information content (AvgIpc) is 3.24. The number of nitrogens with zero attached hydrogens (tertiary/aromatic N) is 3. The largest absolute Gasteiger partial charge is 0.494 e. The van der Waals surface area contributed by atoms with Crippen LogP contribution < -0.4 is 16.0 Å². The molecule has 1 aromatic heterocycles. The topological polar surface area (TPSA) is 96.0 Å². The second kappa shape index (κ2) is 10.5. The van der Waals surface area contributed by atoms with Crippen LogP contribution in [0.1, 0.15) is 16.8 Å². The molecule has 8 heteroatoms. The number of primary amides is 1. The molecule has 174 valence electrons. The third kappa shape index (κ3) is 5.36. The van der Waals surface area contributed by atoms with Crippen molar-refractivity contribution < 1.29 is 14.7 Å². The van der Waals surface area contributed by atoms with Crippen LogP contribution in [-0.4, -0.2) is 71.9 Å². The summed E-state index contributed by atoms with van der Waals surface area (Å²) in [6.07, 6.45) is 2.77. The van der Waals surface area contributed by atoms with Gasteiger partial charge in [0.2, 0.25) is 0 Å². The number of aromatic nitrogens is 1. The number of nitrogens with one attached hydrogen (secondary N) is 1. The van der Waals surface area contributed by atoms with E-state index < -0.39 is 5.91 Å². The van der Waals surface area contributed by atoms with E-state index in [0.29, 0.717) is 12.2 Å². The van der Waals surface area contributed by atoms with Gasteiger partial charge in [0.15, 0.2) is 0 Å². The van der Waals surface area contributed by atoms with Crippen LogP contribution in [0.25, 0.3) is 16.8 Å². The molecule has 1 aliphatic rings. The molecule has 0 saturated carbocycles. The molecule has 3 aromatic rings. The number of amides is 1. The van der Waals surface area contributed by atoms with E-state index in [0.717, 1.165) is 56.1 Å². The monoisotopic (exact) mass is 449 g/mol. The highest BCUT2D eigenvalue weighted by Crippen LogP contribution is 2.34. The average molecular weight is 450 g/mol. The van der Waals surface area contributed by atoms with Crippen molar-refractivity contribution in [3.63, 3.8) is 0 Å². The Labute approximate surface area is 194 Å². The molecule has 0 bridgehead atoms. The third-order valence-electron chi connectivity index (χ3n) is 6.04. The van der Waals surface area contributed by atoms with Crippen LogP contribution in [0.2, 0.25) is 0 Å². The molecule has 8 nitrogen and oxygen atoms in total. The van der Waals surface area contributed by atoms with Gasteiger partial charge >= 0.3 is 0 Å². The summed E-state index contributed by atoms with van der Waals surface area (Å²) in [5.41, 5.74) is 10.3. The number of carbonyl (C=O) groups is 1. The van der Waals surface area contributed by atoms with E-state index in [1.54, 1.807) is 10.8 Å². The number of anilines is 1. The van der Waals surface area contributed by atoms with Gasteiger partial charge in [-0.3, -0.25) is 15.5 Å². The molecule has 0 spiro atoms. The van der Waals surface area contributed by atoms with E-state index in [9.17, 15) is 10.0 Å². The first-order chi connectivity index (χ1) is 16.1. The predicted molar refractivity (Wildman–Crippen MR) is 129 cm³/mol. The summed E-state index contributed by atoms with van der Waals surface area (Å²) in [7, 11) is 2.16. The lowest BCUT2D eigenvalue weighted by atomic mass is 10.0. The van der Waals surface area contributed by atoms with E-state index in [2.05, 4.69) is 22.3 Å². The highest BCUT2D eigenvalue weighted by Gasteiger charge is 2.22. The lowest BCUT2D eigenvalue weighted by Gasteiger charge is -2.32. The van der Waals surface area contributed by atoms with Crippen LogP contribution in [0.5, 0.6) is 5.75 Å². The maximum absolute atomic E-state index is 12.2. The van der Waals surface area contributed by atoms with Gasteiger partial charge < -0.3 is 24.8 Å². The van der Waals surface area contributed by atoms with Crippen LogP contribution in [0.3, 0.4) is 0 Å². The van der Waals surface area contributed by atoms with Gasteiger partial charge in [0.05, 0.1) is 12.2 Å². The summed E-state index contributed by atoms with van der Waals surface area (Å²) >= 11 is 0. The van der Waals surface area contributed by atoms with Crippen molar-refractivity contribution in [1.29, 1.82) is 0 Å². The van der Waals surface area contributed by atoms with Crippen molar-refractivity contribution in [2.24, 2.45) is 5.73 Å². The number of carbonyl (C=O) groups excluding carboxylic acids is 1. The maximum Gasteiger partial charge on any atom is 0.253 e. The van der Waals surface area contributed by atoms with Gasteiger partial charge in [-0.15, -0.1) is 0 Å². The fourth-order valence-electron chi connectivity index (χ4n) is 4.16. The summed E-state index contributed by atoms with van der Waals surface area (Å²) in [5.74, 6) is 0.383. The molecule has 0 radical (unpaired) electrons. The quantitative estimate of drug-likeness (QED) is 0.343. The number of piperazine rings is 1. The maximum atomic E-state index is 12.2. The Balaban J connectivity index is 1.45. The molecule has 1 aliphatic heterocycles. The molecular weight excluding hydrogens is 418 g/mol. The summed E-state index contributed by atoms with van der Waals surface area (Å²) in [6.45, 7) is 6.16. The summed E-state index contributed by atoms with van der Waals surface area (Å²) in [4.78, 5) is 17.1. The van der Waals surface area contributed by atoms with Crippen molar-refractivity contribution >= 4 is 11.7 Å². The van der Waals surface area contributed by atoms with Gasteiger partial charge in [0.1, 0.15) is 11.6 Å². The predicted octanol–water partition coefficient (Wildman–Crippen LogP) is 3.06. The molecule has 4 N–H and O–H groups in total. The number of para-hydroxylation sites is 1. The Morgan fingerprint density at radius 2 is 1.76 bits per heavy atom. The van der Waals surface area contributed by atoms with Gasteiger partial charge in [0.25, 0.3) is 5.91 Å². The molecule has 1 saturated heterocycles. The van der Waals surface area contributed by atoms with E-state index in [4.69, 9.17) is 10.5 Å². The highest BCUT2D eigenvalue weighted by atomic mass is 16.5. The number of hydrogen-bond acceptors (Lipinski definition) is 6. The lowest BCUT2D eigenvalue weighted by Crippen LogP contribution is -2.44. The number of rotatable bonds is 9. The zero-order chi connectivity index (χ0) is 23.2. The van der Waals surface area contributed by atoms with E-state index in [1.807, 2.05) is 54.6 Å². The fraction of sp³-hybridized carbons (Fsp3) is 0.320. The minimum absolute atomic E-state index is 0.224. The second-order valence-electron chi connectivity index (χ2n) is 8.32. The minimum Gasteiger partial charge on any atom is -0.494 e. The Morgan fingerprint density at radius 3 is 2.39 bits per heavy atom. The first-order valence-corrected chi connectivity index (χ1v) is 11.2. The van der Waals surface area contributed by atoms with Crippen molar-refractivity contribution in [1.82, 2.24) is 14.4 Å². The first-order valence-electron chi connectivity index (χ1n) is 11.2. The molecule has 0 aliphatic carbocycles. The summed E-state index contributed by atoms with van der Waals surface area (Å²) < 4.78 is 7.63. The standard InChI is InChI=1S/C25H31N5O3/c1-28-13-15-29(16-14-28)12-5-17-33-21-10-8-19(9-11-21)22-18-30(20-6-3-2-4-7-20)25(27-32)23(22)24(26)31/h2-4,6-11,18,27,32H,5,12-17H2,1H3,(H2,26,31). The van der Waals surface area contributed by atoms with Gasteiger partial charge in [-0.25, -0.2) is 0 Å². The second-order valence-corrected chi connectivity index (χ2v) is 8.32. The van der Waals surface area contributed by atoms with Crippen LogP contribution >= 0.6 is 0 Å². The summed E-state index contributed by atoms with van der Waals surface area (Å²) in [5, 5.41) is 9.74. The smallest absolute Gasteiger partial charge is 0.253 e. The molecule has 2 heterocycles. The molecular formula is C25H31N5O3. The minimum atomic E-state index is -0.625. The molecule has 1 fully saturated rings. The third-order valence-corrected chi connectivity index (χ3v) is 6.04. The van der Waals surface area contributed by atoms with Crippen LogP contribution in [0.15, 0.2) is 60.8 Å². The van der Waals surface area contributed by atoms with Gasteiger partial charge in [-0.2, -0.15) is 0 Å². The number of likely N-dealkylation sites (N-methyl/N-ethyl adjacent to an activating group) is 1. The zero-order valence-corrected chi connectivity index (χ0v) is 18.9.